The third-order valence-electron chi connectivity index (χ3n) is 1.03. The van der Waals surface area contributed by atoms with Crippen LogP contribution < -0.4 is 0 Å². The maximum atomic E-state index is 10.2. The van der Waals surface area contributed by atoms with E-state index in [2.05, 4.69) is 0 Å². The van der Waals surface area contributed by atoms with Crippen LogP contribution in [0.2, 0.25) is 0 Å². The van der Waals surface area contributed by atoms with Gasteiger partial charge in [-0.05, 0) is 0 Å². The third kappa shape index (κ3) is 14.1. The van der Waals surface area contributed by atoms with E-state index in [4.69, 9.17) is 18.5 Å². The first-order valence-corrected chi connectivity index (χ1v) is 3.86. The summed E-state index contributed by atoms with van der Waals surface area (Å²) in [5.41, 5.74) is 0. The number of amides is 2. The quantitative estimate of drug-likeness (QED) is 0.190. The molecule has 0 aromatic carbocycles. The van der Waals surface area contributed by atoms with Crippen molar-refractivity contribution in [1.29, 1.82) is 0 Å². The molecule has 0 aromatic heterocycles. The van der Waals surface area contributed by atoms with Crippen molar-refractivity contribution < 1.29 is 28.1 Å². The monoisotopic (exact) mass is 269 g/mol. The summed E-state index contributed by atoms with van der Waals surface area (Å²) < 4.78 is 22.8. The number of carbonyl (C=O) groups excluding carboxylic acids is 2. The van der Waals surface area contributed by atoms with E-state index in [1.807, 2.05) is 0 Å². The van der Waals surface area contributed by atoms with Crippen LogP contribution in [-0.2, 0) is 21.0 Å². The summed E-state index contributed by atoms with van der Waals surface area (Å²) in [6.45, 7) is 0. The number of hydroxylamine groups is 2. The van der Waals surface area contributed by atoms with Gasteiger partial charge in [0.15, 0.2) is 0 Å². The Hall–Kier alpha value is 2.17. The van der Waals surface area contributed by atoms with E-state index in [0.29, 0.717) is 0 Å². The zero-order valence-electron chi connectivity index (χ0n) is 5.84. The first-order chi connectivity index (χ1) is 5.45. The molecule has 2 amide bonds. The molecular weight excluding hydrogens is 259 g/mol. The molecule has 15 heavy (non-hydrogen) atoms. The van der Waals surface area contributed by atoms with Gasteiger partial charge in [-0.25, -0.2) is 0 Å². The minimum absolute atomic E-state index is 0. The SMILES string of the molecule is O=C1CCC(=O)N1O.O=S(O)O.[NaH].[NaH].[NaH]. The normalized spacial score (nSPS) is 13.2. The Morgan fingerprint density at radius 1 is 1.00 bits per heavy atom. The Kier molecular flexibility index (Phi) is 24.6. The second-order valence-corrected chi connectivity index (χ2v) is 2.29. The fourth-order valence-electron chi connectivity index (χ4n) is 0.565. The van der Waals surface area contributed by atoms with E-state index in [-0.39, 0.29) is 107 Å². The Morgan fingerprint density at radius 2 is 1.20 bits per heavy atom. The average Bonchev–Trinajstić information content (AvgIpc) is 2.19. The molecule has 0 aliphatic carbocycles. The van der Waals surface area contributed by atoms with Crippen LogP contribution in [0.3, 0.4) is 0 Å². The van der Waals surface area contributed by atoms with Gasteiger partial charge in [-0.3, -0.25) is 23.9 Å². The second kappa shape index (κ2) is 14.2. The van der Waals surface area contributed by atoms with Crippen molar-refractivity contribution in [2.75, 3.05) is 0 Å². The molecule has 1 aliphatic heterocycles. The van der Waals surface area contributed by atoms with Crippen molar-refractivity contribution in [1.82, 2.24) is 5.06 Å². The molecule has 76 valence electrons. The Bertz CT molecular complexity index is 206. The van der Waals surface area contributed by atoms with E-state index in [1.54, 1.807) is 0 Å². The molecule has 0 radical (unpaired) electrons. The predicted molar refractivity (Wildman–Crippen MR) is 57.7 cm³/mol. The van der Waals surface area contributed by atoms with Crippen molar-refractivity contribution in [2.24, 2.45) is 0 Å². The standard InChI is InChI=1S/C4H5NO3.3Na.H2O3S.3H/c6-3-1-2-4(7)5(3)8;;;;1-4(2)3;;;/h8H,1-2H2;;;;(H2,1,2,3);;;. The molecule has 0 bridgehead atoms. The van der Waals surface area contributed by atoms with Gasteiger partial charge in [0.2, 0.25) is 0 Å². The second-order valence-electron chi connectivity index (χ2n) is 1.83. The number of hydrogen-bond acceptors (Lipinski definition) is 4. The summed E-state index contributed by atoms with van der Waals surface area (Å²) in [4.78, 5) is 20.5. The summed E-state index contributed by atoms with van der Waals surface area (Å²) in [6, 6.07) is 0. The predicted octanol–water partition coefficient (Wildman–Crippen LogP) is -2.74. The van der Waals surface area contributed by atoms with Gasteiger partial charge in [0.05, 0.1) is 0 Å². The molecule has 1 saturated heterocycles. The zero-order chi connectivity index (χ0) is 9.72. The topological polar surface area (TPSA) is 115 Å². The van der Waals surface area contributed by atoms with Gasteiger partial charge in [0.1, 0.15) is 0 Å². The zero-order valence-corrected chi connectivity index (χ0v) is 6.65. The molecule has 1 rings (SSSR count). The molecule has 0 spiro atoms. The van der Waals surface area contributed by atoms with Crippen LogP contribution in [0, 0.1) is 0 Å². The maximum absolute atomic E-state index is 10.2. The van der Waals surface area contributed by atoms with Gasteiger partial charge < -0.3 is 0 Å². The van der Waals surface area contributed by atoms with Gasteiger partial charge in [-0.1, -0.05) is 0 Å². The molecule has 0 atom stereocenters. The van der Waals surface area contributed by atoms with Gasteiger partial charge in [0.25, 0.3) is 23.2 Å². The van der Waals surface area contributed by atoms with Crippen LogP contribution in [-0.4, -0.2) is 124 Å². The van der Waals surface area contributed by atoms with Crippen LogP contribution in [0.4, 0.5) is 0 Å². The molecule has 1 heterocycles. The van der Waals surface area contributed by atoms with Crippen molar-refractivity contribution in [3.8, 4) is 0 Å². The fourth-order valence-corrected chi connectivity index (χ4v) is 0.565. The first kappa shape index (κ1) is 25.9. The van der Waals surface area contributed by atoms with Crippen LogP contribution in [0.1, 0.15) is 12.8 Å². The molecule has 0 unspecified atom stereocenters. The van der Waals surface area contributed by atoms with Gasteiger partial charge in [0, 0.05) is 12.8 Å². The first-order valence-electron chi connectivity index (χ1n) is 2.79. The summed E-state index contributed by atoms with van der Waals surface area (Å²) >= 11 is -2.61. The summed E-state index contributed by atoms with van der Waals surface area (Å²) in [6.07, 6.45) is 0.296. The van der Waals surface area contributed by atoms with E-state index in [1.165, 1.54) is 0 Å². The van der Waals surface area contributed by atoms with Gasteiger partial charge >= 0.3 is 88.7 Å². The Labute approximate surface area is 155 Å². The van der Waals surface area contributed by atoms with Crippen molar-refractivity contribution >= 4 is 112 Å². The molecule has 0 saturated carbocycles. The minimum atomic E-state index is -2.61. The van der Waals surface area contributed by atoms with Crippen LogP contribution >= 0.6 is 0 Å². The van der Waals surface area contributed by atoms with Crippen LogP contribution in [0.25, 0.3) is 0 Å². The molecule has 1 fully saturated rings. The molecule has 1 aliphatic rings. The van der Waals surface area contributed by atoms with E-state index in [9.17, 15) is 9.59 Å². The molecule has 7 nitrogen and oxygen atoms in total. The summed E-state index contributed by atoms with van der Waals surface area (Å²) in [5.74, 6) is -1.01. The van der Waals surface area contributed by atoms with Crippen molar-refractivity contribution in [2.45, 2.75) is 12.8 Å². The number of carbonyl (C=O) groups is 2. The van der Waals surface area contributed by atoms with Crippen LogP contribution in [0.15, 0.2) is 0 Å². The third-order valence-corrected chi connectivity index (χ3v) is 1.03. The van der Waals surface area contributed by atoms with Gasteiger partial charge in [-0.2, -0.15) is 9.27 Å². The van der Waals surface area contributed by atoms with E-state index in [0.717, 1.165) is 0 Å². The average molecular weight is 269 g/mol. The number of imide groups is 1. The Balaban J connectivity index is -0.0000000779. The Morgan fingerprint density at radius 3 is 1.27 bits per heavy atom. The van der Waals surface area contributed by atoms with Crippen LogP contribution in [0.5, 0.6) is 0 Å². The molecule has 0 aromatic rings. The fraction of sp³-hybridized carbons (Fsp3) is 0.500. The van der Waals surface area contributed by atoms with E-state index < -0.39 is 23.2 Å². The van der Waals surface area contributed by atoms with Crippen molar-refractivity contribution in [3.05, 3.63) is 0 Å². The van der Waals surface area contributed by atoms with Crippen molar-refractivity contribution in [3.63, 3.8) is 0 Å². The number of rotatable bonds is 0. The van der Waals surface area contributed by atoms with E-state index >= 15 is 0 Å². The molecular formula is C4H10NNa3O6S. The number of nitrogens with zero attached hydrogens (tertiary/aromatic N) is 1. The summed E-state index contributed by atoms with van der Waals surface area (Å²) in [5, 5.41) is 8.57. The molecule has 11 heteroatoms. The number of hydrogen-bond donors (Lipinski definition) is 3. The summed E-state index contributed by atoms with van der Waals surface area (Å²) in [7, 11) is 0. The van der Waals surface area contributed by atoms with Gasteiger partial charge in [-0.15, -0.1) is 0 Å². The molecule has 3 N–H and O–H groups in total.